The number of aryl methyl sites for hydroxylation is 1. The molecule has 0 fully saturated rings. The summed E-state index contributed by atoms with van der Waals surface area (Å²) in [4.78, 5) is 12.4. The van der Waals surface area contributed by atoms with Gasteiger partial charge in [-0.05, 0) is 66.1 Å². The molecule has 0 saturated heterocycles. The number of hydrogen-bond acceptors (Lipinski definition) is 5. The van der Waals surface area contributed by atoms with Crippen LogP contribution in [0.3, 0.4) is 0 Å². The number of hydrogen-bond donors (Lipinski definition) is 3. The maximum atomic E-state index is 12.4. The van der Waals surface area contributed by atoms with Crippen molar-refractivity contribution in [2.24, 2.45) is 5.10 Å². The first-order chi connectivity index (χ1) is 18.1. The maximum absolute atomic E-state index is 12.4. The third kappa shape index (κ3) is 5.77. The summed E-state index contributed by atoms with van der Waals surface area (Å²) < 4.78 is 6.17. The Kier molecular flexibility index (Phi) is 7.68. The van der Waals surface area contributed by atoms with Gasteiger partial charge in [-0.15, -0.1) is 0 Å². The maximum Gasteiger partial charge on any atom is 0.271 e. The molecule has 6 nitrogen and oxygen atoms in total. The summed E-state index contributed by atoms with van der Waals surface area (Å²) in [6.45, 7) is 1.31. The van der Waals surface area contributed by atoms with Gasteiger partial charge >= 0.3 is 0 Å². The minimum Gasteiger partial charge on any atom is -0.506 e. The molecule has 0 bridgehead atoms. The van der Waals surface area contributed by atoms with Crippen LogP contribution in [0.5, 0.6) is 11.5 Å². The van der Waals surface area contributed by atoms with E-state index in [0.29, 0.717) is 18.2 Å². The van der Waals surface area contributed by atoms with E-state index in [1.807, 2.05) is 36.4 Å². The van der Waals surface area contributed by atoms with Crippen molar-refractivity contribution in [3.05, 3.63) is 106 Å². The third-order valence-corrected chi connectivity index (χ3v) is 6.92. The Balaban J connectivity index is 1.22. The van der Waals surface area contributed by atoms with Crippen LogP contribution in [0, 0.1) is 0 Å². The third-order valence-electron chi connectivity index (χ3n) is 6.62. The number of halogens is 1. The van der Waals surface area contributed by atoms with Crippen LogP contribution in [0.4, 0.5) is 0 Å². The van der Waals surface area contributed by atoms with Gasteiger partial charge < -0.3 is 15.2 Å². The van der Waals surface area contributed by atoms with E-state index in [1.165, 1.54) is 35.7 Å². The number of nitrogens with zero attached hydrogens (tertiary/aromatic N) is 1. The predicted octanol–water partition coefficient (Wildman–Crippen LogP) is 6.01. The zero-order chi connectivity index (χ0) is 25.6. The number of phenolic OH excluding ortho intramolecular Hbond substituents is 1. The largest absolute Gasteiger partial charge is 0.506 e. The zero-order valence-corrected chi connectivity index (χ0v) is 21.0. The molecule has 37 heavy (non-hydrogen) atoms. The smallest absolute Gasteiger partial charge is 0.271 e. The molecule has 188 valence electrons. The normalized spacial score (nSPS) is 15.0. The van der Waals surface area contributed by atoms with Gasteiger partial charge in [0, 0.05) is 29.1 Å². The lowest BCUT2D eigenvalue weighted by molar-refractivity contribution is 0.0955. The first kappa shape index (κ1) is 24.8. The van der Waals surface area contributed by atoms with Crippen molar-refractivity contribution in [2.45, 2.75) is 25.3 Å². The van der Waals surface area contributed by atoms with Crippen LogP contribution in [0.15, 0.2) is 84.0 Å². The van der Waals surface area contributed by atoms with Gasteiger partial charge in [-0.1, -0.05) is 60.1 Å². The predicted molar refractivity (Wildman–Crippen MR) is 148 cm³/mol. The summed E-state index contributed by atoms with van der Waals surface area (Å²) in [6.07, 6.45) is 5.10. The highest BCUT2D eigenvalue weighted by atomic mass is 35.5. The quantitative estimate of drug-likeness (QED) is 0.153. The second-order valence-electron chi connectivity index (χ2n) is 9.01. The molecule has 1 aliphatic carbocycles. The Hall–Kier alpha value is -3.87. The van der Waals surface area contributed by atoms with E-state index in [-0.39, 0.29) is 10.8 Å². The van der Waals surface area contributed by atoms with Gasteiger partial charge in [0.05, 0.1) is 11.2 Å². The Labute approximate surface area is 220 Å². The van der Waals surface area contributed by atoms with Crippen molar-refractivity contribution < 1.29 is 14.6 Å². The molecule has 0 heterocycles. The monoisotopic (exact) mass is 513 g/mol. The van der Waals surface area contributed by atoms with Gasteiger partial charge in [-0.3, -0.25) is 4.79 Å². The fraction of sp³-hybridized carbons (Fsp3) is 0.200. The Bertz CT molecular complexity index is 1450. The topological polar surface area (TPSA) is 83.0 Å². The minimum absolute atomic E-state index is 0.0782. The molecule has 0 aliphatic heterocycles. The SMILES string of the molecule is O=C(NN=Cc1ccc(OCCNC2CCCc3ccccc32)c2ccccc12)c1ccc(O)c(Cl)c1. The van der Waals surface area contributed by atoms with Crippen molar-refractivity contribution in [1.29, 1.82) is 0 Å². The molecular weight excluding hydrogens is 486 g/mol. The number of amides is 1. The van der Waals surface area contributed by atoms with Crippen molar-refractivity contribution in [3.8, 4) is 11.5 Å². The molecule has 4 aromatic carbocycles. The van der Waals surface area contributed by atoms with Gasteiger partial charge in [0.1, 0.15) is 18.1 Å². The summed E-state index contributed by atoms with van der Waals surface area (Å²) in [7, 11) is 0. The van der Waals surface area contributed by atoms with Crippen molar-refractivity contribution >= 4 is 34.5 Å². The lowest BCUT2D eigenvalue weighted by atomic mass is 9.88. The Morgan fingerprint density at radius 1 is 1.05 bits per heavy atom. The summed E-state index contributed by atoms with van der Waals surface area (Å²) in [5.74, 6) is 0.308. The number of carbonyl (C=O) groups is 1. The molecule has 7 heteroatoms. The lowest BCUT2D eigenvalue weighted by Crippen LogP contribution is -2.28. The van der Waals surface area contributed by atoms with Crippen LogP contribution in [-0.4, -0.2) is 30.4 Å². The lowest BCUT2D eigenvalue weighted by Gasteiger charge is -2.26. The van der Waals surface area contributed by atoms with E-state index in [4.69, 9.17) is 16.3 Å². The minimum atomic E-state index is -0.421. The summed E-state index contributed by atoms with van der Waals surface area (Å²) >= 11 is 5.89. The molecule has 1 unspecified atom stereocenters. The number of ether oxygens (including phenoxy) is 1. The van der Waals surface area contributed by atoms with E-state index in [9.17, 15) is 9.90 Å². The molecule has 3 N–H and O–H groups in total. The molecule has 0 aromatic heterocycles. The second kappa shape index (κ2) is 11.5. The average molecular weight is 514 g/mol. The van der Waals surface area contributed by atoms with E-state index < -0.39 is 5.91 Å². The molecule has 0 spiro atoms. The van der Waals surface area contributed by atoms with Crippen LogP contribution in [0.25, 0.3) is 10.8 Å². The molecule has 1 aliphatic rings. The molecule has 0 saturated carbocycles. The number of nitrogens with one attached hydrogen (secondary N) is 2. The van der Waals surface area contributed by atoms with E-state index in [0.717, 1.165) is 41.5 Å². The molecule has 1 atom stereocenters. The van der Waals surface area contributed by atoms with Crippen molar-refractivity contribution in [1.82, 2.24) is 10.7 Å². The van der Waals surface area contributed by atoms with E-state index in [1.54, 1.807) is 6.21 Å². The van der Waals surface area contributed by atoms with Crippen LogP contribution in [0.1, 0.15) is 45.9 Å². The number of benzene rings is 4. The van der Waals surface area contributed by atoms with Gasteiger partial charge in [-0.2, -0.15) is 5.10 Å². The first-order valence-corrected chi connectivity index (χ1v) is 12.8. The number of hydrazone groups is 1. The number of fused-ring (bicyclic) bond motifs is 2. The van der Waals surface area contributed by atoms with Crippen molar-refractivity contribution in [2.75, 3.05) is 13.2 Å². The second-order valence-corrected chi connectivity index (χ2v) is 9.42. The van der Waals surface area contributed by atoms with Crippen LogP contribution in [-0.2, 0) is 6.42 Å². The molecule has 4 aromatic rings. The highest BCUT2D eigenvalue weighted by Crippen LogP contribution is 2.30. The fourth-order valence-corrected chi connectivity index (χ4v) is 4.95. The average Bonchev–Trinajstić information content (AvgIpc) is 2.93. The highest BCUT2D eigenvalue weighted by Gasteiger charge is 2.18. The van der Waals surface area contributed by atoms with Gasteiger partial charge in [0.2, 0.25) is 0 Å². The van der Waals surface area contributed by atoms with Gasteiger partial charge in [0.25, 0.3) is 5.91 Å². The number of phenols is 1. The van der Waals surface area contributed by atoms with Gasteiger partial charge in [-0.25, -0.2) is 5.43 Å². The number of carbonyl (C=O) groups excluding carboxylic acids is 1. The van der Waals surface area contributed by atoms with Crippen LogP contribution >= 0.6 is 11.6 Å². The standard InChI is InChI=1S/C30H28ClN3O3/c31-26-18-21(12-14-28(26)35)30(36)34-33-19-22-13-15-29(25-10-4-3-8-23(22)25)37-17-16-32-27-11-5-7-20-6-1-2-9-24(20)27/h1-4,6,8-10,12-15,18-19,27,32,35H,5,7,11,16-17H2,(H,34,36). The molecule has 0 radical (unpaired) electrons. The van der Waals surface area contributed by atoms with E-state index in [2.05, 4.69) is 40.1 Å². The zero-order valence-electron chi connectivity index (χ0n) is 20.3. The Morgan fingerprint density at radius 2 is 1.86 bits per heavy atom. The van der Waals surface area contributed by atoms with Crippen LogP contribution < -0.4 is 15.5 Å². The fourth-order valence-electron chi connectivity index (χ4n) is 4.77. The van der Waals surface area contributed by atoms with Crippen molar-refractivity contribution in [3.63, 3.8) is 0 Å². The molecule has 5 rings (SSSR count). The molecular formula is C30H28ClN3O3. The summed E-state index contributed by atoms with van der Waals surface area (Å²) in [6, 6.07) is 25.1. The highest BCUT2D eigenvalue weighted by molar-refractivity contribution is 6.32. The number of aromatic hydroxyl groups is 1. The van der Waals surface area contributed by atoms with Gasteiger partial charge in [0.15, 0.2) is 0 Å². The summed E-state index contributed by atoms with van der Waals surface area (Å²) in [5, 5.41) is 19.4. The first-order valence-electron chi connectivity index (χ1n) is 12.4. The summed E-state index contributed by atoms with van der Waals surface area (Å²) in [5.41, 5.74) is 6.51. The number of rotatable bonds is 8. The Morgan fingerprint density at radius 3 is 2.73 bits per heavy atom. The van der Waals surface area contributed by atoms with Crippen LogP contribution in [0.2, 0.25) is 5.02 Å². The van der Waals surface area contributed by atoms with E-state index >= 15 is 0 Å². The molecule has 1 amide bonds.